The number of carbonyl (C=O) groups is 2. The van der Waals surface area contributed by atoms with E-state index in [2.05, 4.69) is 5.32 Å². The van der Waals surface area contributed by atoms with Crippen molar-refractivity contribution in [3.63, 3.8) is 0 Å². The third kappa shape index (κ3) is 3.24. The van der Waals surface area contributed by atoms with E-state index in [4.69, 9.17) is 5.26 Å². The van der Waals surface area contributed by atoms with Gasteiger partial charge in [-0.2, -0.15) is 5.26 Å². The monoisotopic (exact) mass is 209 g/mol. The predicted octanol–water partition coefficient (Wildman–Crippen LogP) is -0.115. The van der Waals surface area contributed by atoms with Gasteiger partial charge in [0.15, 0.2) is 0 Å². The van der Waals surface area contributed by atoms with Crippen molar-refractivity contribution >= 4 is 11.8 Å². The first kappa shape index (κ1) is 11.5. The zero-order chi connectivity index (χ0) is 11.3. The molecule has 0 aliphatic carbocycles. The van der Waals surface area contributed by atoms with E-state index in [0.29, 0.717) is 0 Å². The lowest BCUT2D eigenvalue weighted by atomic mass is 10.2. The second-order valence-electron chi connectivity index (χ2n) is 3.66. The summed E-state index contributed by atoms with van der Waals surface area (Å²) < 4.78 is 0. The Morgan fingerprint density at radius 2 is 2.07 bits per heavy atom. The molecule has 2 amide bonds. The van der Waals surface area contributed by atoms with E-state index in [1.165, 1.54) is 6.92 Å². The molecular formula is C10H15N3O2. The highest BCUT2D eigenvalue weighted by Crippen LogP contribution is 2.06. The molecule has 0 aromatic rings. The minimum absolute atomic E-state index is 0.00481. The molecule has 1 aliphatic rings. The van der Waals surface area contributed by atoms with Crippen LogP contribution in [0.25, 0.3) is 0 Å². The number of nitriles is 1. The van der Waals surface area contributed by atoms with Gasteiger partial charge in [0, 0.05) is 13.1 Å². The predicted molar refractivity (Wildman–Crippen MR) is 53.6 cm³/mol. The summed E-state index contributed by atoms with van der Waals surface area (Å²) >= 11 is 0. The smallest absolute Gasteiger partial charge is 0.241 e. The van der Waals surface area contributed by atoms with Crippen LogP contribution in [0.3, 0.4) is 0 Å². The molecule has 1 N–H and O–H groups in total. The third-order valence-electron chi connectivity index (χ3n) is 2.46. The van der Waals surface area contributed by atoms with Gasteiger partial charge >= 0.3 is 0 Å². The number of carbonyl (C=O) groups excluding carboxylic acids is 2. The molecule has 5 heteroatoms. The second kappa shape index (κ2) is 5.35. The van der Waals surface area contributed by atoms with Gasteiger partial charge < -0.3 is 10.2 Å². The molecule has 0 aromatic carbocycles. The van der Waals surface area contributed by atoms with Crippen molar-refractivity contribution in [2.24, 2.45) is 5.92 Å². The summed E-state index contributed by atoms with van der Waals surface area (Å²) in [5.41, 5.74) is 0. The van der Waals surface area contributed by atoms with Crippen LogP contribution in [0.5, 0.6) is 0 Å². The molecule has 1 aliphatic heterocycles. The van der Waals surface area contributed by atoms with Gasteiger partial charge in [-0.3, -0.25) is 9.59 Å². The SMILES string of the molecule is CC(C#N)C(=O)NCC(=O)N1CCCC1. The van der Waals surface area contributed by atoms with Crippen LogP contribution in [0.1, 0.15) is 19.8 Å². The van der Waals surface area contributed by atoms with Crippen molar-refractivity contribution in [1.82, 2.24) is 10.2 Å². The van der Waals surface area contributed by atoms with Gasteiger partial charge in [-0.15, -0.1) is 0 Å². The third-order valence-corrected chi connectivity index (χ3v) is 2.46. The maximum absolute atomic E-state index is 11.5. The van der Waals surface area contributed by atoms with Gasteiger partial charge in [-0.1, -0.05) is 0 Å². The number of hydrogen-bond acceptors (Lipinski definition) is 3. The maximum atomic E-state index is 11.5. The fourth-order valence-corrected chi connectivity index (χ4v) is 1.45. The topological polar surface area (TPSA) is 73.2 Å². The molecule has 5 nitrogen and oxygen atoms in total. The number of nitrogens with one attached hydrogen (secondary N) is 1. The molecule has 0 aromatic heterocycles. The molecule has 1 atom stereocenters. The van der Waals surface area contributed by atoms with Crippen molar-refractivity contribution in [1.29, 1.82) is 5.26 Å². The van der Waals surface area contributed by atoms with Crippen LogP contribution in [0.4, 0.5) is 0 Å². The molecule has 0 radical (unpaired) electrons. The standard InChI is InChI=1S/C10H15N3O2/c1-8(6-11)10(15)12-7-9(14)13-4-2-3-5-13/h8H,2-5,7H2,1H3,(H,12,15). The van der Waals surface area contributed by atoms with Crippen molar-refractivity contribution in [3.8, 4) is 6.07 Å². The summed E-state index contributed by atoms with van der Waals surface area (Å²) in [6.07, 6.45) is 2.07. The van der Waals surface area contributed by atoms with Gasteiger partial charge in [0.2, 0.25) is 11.8 Å². The van der Waals surface area contributed by atoms with E-state index in [0.717, 1.165) is 25.9 Å². The Morgan fingerprint density at radius 1 is 1.47 bits per heavy atom. The van der Waals surface area contributed by atoms with Crippen LogP contribution in [0.2, 0.25) is 0 Å². The first-order valence-corrected chi connectivity index (χ1v) is 5.10. The van der Waals surface area contributed by atoms with Crippen LogP contribution in [0.15, 0.2) is 0 Å². The average Bonchev–Trinajstić information content (AvgIpc) is 2.77. The average molecular weight is 209 g/mol. The number of rotatable bonds is 3. The lowest BCUT2D eigenvalue weighted by molar-refractivity contribution is -0.132. The largest absolute Gasteiger partial charge is 0.346 e. The Balaban J connectivity index is 2.28. The molecule has 1 fully saturated rings. The Kier molecular flexibility index (Phi) is 4.10. The summed E-state index contributed by atoms with van der Waals surface area (Å²) in [4.78, 5) is 24.4. The van der Waals surface area contributed by atoms with E-state index in [1.54, 1.807) is 4.90 Å². The maximum Gasteiger partial charge on any atom is 0.241 e. The van der Waals surface area contributed by atoms with E-state index in [1.807, 2.05) is 6.07 Å². The second-order valence-corrected chi connectivity index (χ2v) is 3.66. The lowest BCUT2D eigenvalue weighted by Gasteiger charge is -2.15. The van der Waals surface area contributed by atoms with Gasteiger partial charge in [-0.05, 0) is 19.8 Å². The highest BCUT2D eigenvalue weighted by molar-refractivity contribution is 5.86. The Labute approximate surface area is 89.0 Å². The normalized spacial score (nSPS) is 16.9. The van der Waals surface area contributed by atoms with Crippen molar-refractivity contribution in [2.75, 3.05) is 19.6 Å². The summed E-state index contributed by atoms with van der Waals surface area (Å²) in [5, 5.41) is 10.9. The van der Waals surface area contributed by atoms with Crippen molar-refractivity contribution < 1.29 is 9.59 Å². The highest BCUT2D eigenvalue weighted by Gasteiger charge is 2.19. The molecule has 0 bridgehead atoms. The van der Waals surface area contributed by atoms with Gasteiger partial charge in [0.25, 0.3) is 0 Å². The highest BCUT2D eigenvalue weighted by atomic mass is 16.2. The summed E-state index contributed by atoms with van der Waals surface area (Å²) in [6.45, 7) is 3.07. The molecule has 1 unspecified atom stereocenters. The Bertz CT molecular complexity index is 290. The van der Waals surface area contributed by atoms with Crippen LogP contribution in [-0.4, -0.2) is 36.3 Å². The fourth-order valence-electron chi connectivity index (χ4n) is 1.45. The van der Waals surface area contributed by atoms with Crippen molar-refractivity contribution in [2.45, 2.75) is 19.8 Å². The summed E-state index contributed by atoms with van der Waals surface area (Å²) in [7, 11) is 0. The van der Waals surface area contributed by atoms with E-state index < -0.39 is 5.92 Å². The molecule has 0 spiro atoms. The number of nitrogens with zero attached hydrogens (tertiary/aromatic N) is 2. The quantitative estimate of drug-likeness (QED) is 0.704. The molecule has 1 saturated heterocycles. The van der Waals surface area contributed by atoms with Crippen molar-refractivity contribution in [3.05, 3.63) is 0 Å². The fraction of sp³-hybridized carbons (Fsp3) is 0.700. The van der Waals surface area contributed by atoms with Crippen LogP contribution in [0, 0.1) is 17.2 Å². The minimum Gasteiger partial charge on any atom is -0.346 e. The minimum atomic E-state index is -0.698. The Morgan fingerprint density at radius 3 is 2.60 bits per heavy atom. The van der Waals surface area contributed by atoms with E-state index >= 15 is 0 Å². The molecular weight excluding hydrogens is 194 g/mol. The van der Waals surface area contributed by atoms with Crippen LogP contribution < -0.4 is 5.32 Å². The Hall–Kier alpha value is -1.57. The number of likely N-dealkylation sites (tertiary alicyclic amines) is 1. The zero-order valence-electron chi connectivity index (χ0n) is 8.82. The van der Waals surface area contributed by atoms with Gasteiger partial charge in [0.05, 0.1) is 12.6 Å². The molecule has 1 heterocycles. The lowest BCUT2D eigenvalue weighted by Crippen LogP contribution is -2.40. The number of hydrogen-bond donors (Lipinski definition) is 1. The van der Waals surface area contributed by atoms with Crippen LogP contribution >= 0.6 is 0 Å². The number of amides is 2. The van der Waals surface area contributed by atoms with E-state index in [-0.39, 0.29) is 18.4 Å². The molecule has 0 saturated carbocycles. The zero-order valence-corrected chi connectivity index (χ0v) is 8.82. The first-order chi connectivity index (χ1) is 7.15. The van der Waals surface area contributed by atoms with E-state index in [9.17, 15) is 9.59 Å². The van der Waals surface area contributed by atoms with Gasteiger partial charge in [0.1, 0.15) is 5.92 Å². The summed E-state index contributed by atoms with van der Waals surface area (Å²) in [6, 6.07) is 1.82. The molecule has 15 heavy (non-hydrogen) atoms. The molecule has 82 valence electrons. The first-order valence-electron chi connectivity index (χ1n) is 5.10. The van der Waals surface area contributed by atoms with Gasteiger partial charge in [-0.25, -0.2) is 0 Å². The van der Waals surface area contributed by atoms with Crippen LogP contribution in [-0.2, 0) is 9.59 Å². The molecule has 1 rings (SSSR count). The summed E-state index contributed by atoms with van der Waals surface area (Å²) in [5.74, 6) is -1.15.